The van der Waals surface area contributed by atoms with Gasteiger partial charge in [0.15, 0.2) is 17.5 Å². The smallest absolute Gasteiger partial charge is 0.335 e. The molecule has 4 nitrogen and oxygen atoms in total. The summed E-state index contributed by atoms with van der Waals surface area (Å²) in [5.41, 5.74) is 0.412. The van der Waals surface area contributed by atoms with Crippen LogP contribution in [0.25, 0.3) is 0 Å². The average molecular weight is 363 g/mol. The fourth-order valence-electron chi connectivity index (χ4n) is 3.22. The molecule has 1 saturated heterocycles. The second kappa shape index (κ2) is 7.19. The van der Waals surface area contributed by atoms with Gasteiger partial charge in [-0.2, -0.15) is 0 Å². The van der Waals surface area contributed by atoms with Gasteiger partial charge in [-0.3, -0.25) is 4.79 Å². The minimum Gasteiger partial charge on any atom is -0.478 e. The summed E-state index contributed by atoms with van der Waals surface area (Å²) < 4.78 is 40.4. The van der Waals surface area contributed by atoms with E-state index < -0.39 is 34.9 Å². The first-order valence-electron chi connectivity index (χ1n) is 8.14. The van der Waals surface area contributed by atoms with Gasteiger partial charge in [0.1, 0.15) is 0 Å². The third-order valence-corrected chi connectivity index (χ3v) is 4.58. The molecule has 7 heteroatoms. The molecule has 1 fully saturated rings. The highest BCUT2D eigenvalue weighted by Gasteiger charge is 2.28. The Morgan fingerprint density at radius 2 is 1.85 bits per heavy atom. The Kier molecular flexibility index (Phi) is 4.97. The van der Waals surface area contributed by atoms with E-state index in [0.717, 1.165) is 24.1 Å². The molecule has 1 aliphatic rings. The Balaban J connectivity index is 1.82. The molecule has 0 bridgehead atoms. The molecule has 1 amide bonds. The van der Waals surface area contributed by atoms with Crippen molar-refractivity contribution in [1.29, 1.82) is 0 Å². The predicted octanol–water partition coefficient (Wildman–Crippen LogP) is 3.82. The van der Waals surface area contributed by atoms with E-state index in [1.54, 1.807) is 18.2 Å². The van der Waals surface area contributed by atoms with E-state index >= 15 is 0 Å². The van der Waals surface area contributed by atoms with Gasteiger partial charge in [-0.05, 0) is 42.7 Å². The van der Waals surface area contributed by atoms with Crippen LogP contribution >= 0.6 is 0 Å². The fraction of sp³-hybridized carbons (Fsp3) is 0.263. The Morgan fingerprint density at radius 1 is 1.08 bits per heavy atom. The molecule has 0 aliphatic carbocycles. The second-order valence-corrected chi connectivity index (χ2v) is 6.24. The van der Waals surface area contributed by atoms with Crippen molar-refractivity contribution in [2.24, 2.45) is 0 Å². The van der Waals surface area contributed by atoms with Gasteiger partial charge in [0, 0.05) is 19.0 Å². The van der Waals surface area contributed by atoms with Crippen molar-refractivity contribution in [3.63, 3.8) is 0 Å². The van der Waals surface area contributed by atoms with Gasteiger partial charge >= 0.3 is 5.97 Å². The molecule has 0 aromatic heterocycles. The zero-order valence-corrected chi connectivity index (χ0v) is 13.7. The number of carboxylic acids is 1. The summed E-state index contributed by atoms with van der Waals surface area (Å²) in [6.07, 6.45) is 1.38. The molecule has 0 radical (unpaired) electrons. The van der Waals surface area contributed by atoms with Crippen LogP contribution in [-0.2, 0) is 0 Å². The van der Waals surface area contributed by atoms with Crippen molar-refractivity contribution >= 4 is 11.9 Å². The van der Waals surface area contributed by atoms with E-state index in [0.29, 0.717) is 13.0 Å². The molecular formula is C19H16F3NO3. The molecule has 3 rings (SSSR count). The highest BCUT2D eigenvalue weighted by molar-refractivity contribution is 5.94. The maximum Gasteiger partial charge on any atom is 0.335 e. The Bertz CT molecular complexity index is 869. The number of piperidine rings is 1. The van der Waals surface area contributed by atoms with Crippen LogP contribution < -0.4 is 0 Å². The number of amides is 1. The van der Waals surface area contributed by atoms with Gasteiger partial charge in [0.25, 0.3) is 5.91 Å². The summed E-state index contributed by atoms with van der Waals surface area (Å²) in [6, 6.07) is 8.11. The lowest BCUT2D eigenvalue weighted by Crippen LogP contribution is -2.39. The summed E-state index contributed by atoms with van der Waals surface area (Å²) in [5, 5.41) is 9.10. The van der Waals surface area contributed by atoms with Crippen LogP contribution in [0.4, 0.5) is 13.2 Å². The molecule has 2 aromatic carbocycles. The van der Waals surface area contributed by atoms with E-state index in [4.69, 9.17) is 5.11 Å². The van der Waals surface area contributed by atoms with Gasteiger partial charge < -0.3 is 10.0 Å². The minimum absolute atomic E-state index is 0.111. The average Bonchev–Trinajstić information content (AvgIpc) is 2.66. The monoisotopic (exact) mass is 363 g/mol. The predicted molar refractivity (Wildman–Crippen MR) is 87.6 cm³/mol. The summed E-state index contributed by atoms with van der Waals surface area (Å²) in [4.78, 5) is 25.0. The molecule has 1 aliphatic heterocycles. The highest BCUT2D eigenvalue weighted by atomic mass is 19.2. The van der Waals surface area contributed by atoms with Crippen LogP contribution in [0.15, 0.2) is 36.4 Å². The molecule has 2 aromatic rings. The van der Waals surface area contributed by atoms with Crippen LogP contribution in [0.1, 0.15) is 45.0 Å². The topological polar surface area (TPSA) is 57.6 Å². The standard InChI is InChI=1S/C19H16F3NO3/c20-15-7-6-14(16(21)17(15)22)18(24)23-8-2-5-13(10-23)11-3-1-4-12(9-11)19(25)26/h1,3-4,6-7,9,13H,2,5,8,10H2,(H,25,26)/t13-/m1/s1. The number of carboxylic acid groups (broad SMARTS) is 1. The number of benzene rings is 2. The number of carbonyl (C=O) groups excluding carboxylic acids is 1. The lowest BCUT2D eigenvalue weighted by molar-refractivity contribution is 0.0685. The molecule has 1 heterocycles. The first kappa shape index (κ1) is 18.0. The zero-order valence-electron chi connectivity index (χ0n) is 13.7. The summed E-state index contributed by atoms with van der Waals surface area (Å²) in [5.74, 6) is -6.37. The van der Waals surface area contributed by atoms with Gasteiger partial charge in [-0.1, -0.05) is 12.1 Å². The fourth-order valence-corrected chi connectivity index (χ4v) is 3.22. The number of nitrogens with zero attached hydrogens (tertiary/aromatic N) is 1. The summed E-state index contributed by atoms with van der Waals surface area (Å²) in [6.45, 7) is 0.618. The number of likely N-dealkylation sites (tertiary alicyclic amines) is 1. The van der Waals surface area contributed by atoms with Crippen molar-refractivity contribution in [3.8, 4) is 0 Å². The van der Waals surface area contributed by atoms with Crippen molar-refractivity contribution in [3.05, 3.63) is 70.5 Å². The molecule has 0 spiro atoms. The Hall–Kier alpha value is -2.83. The number of carbonyl (C=O) groups is 2. The van der Waals surface area contributed by atoms with E-state index in [1.165, 1.54) is 11.0 Å². The molecule has 0 saturated carbocycles. The summed E-state index contributed by atoms with van der Waals surface area (Å²) in [7, 11) is 0. The molecule has 1 N–H and O–H groups in total. The van der Waals surface area contributed by atoms with Crippen LogP contribution in [0.2, 0.25) is 0 Å². The molecular weight excluding hydrogens is 347 g/mol. The first-order chi connectivity index (χ1) is 12.4. The minimum atomic E-state index is -1.67. The Morgan fingerprint density at radius 3 is 2.58 bits per heavy atom. The van der Waals surface area contributed by atoms with Crippen molar-refractivity contribution in [1.82, 2.24) is 4.90 Å². The van der Waals surface area contributed by atoms with Gasteiger partial charge in [0.05, 0.1) is 11.1 Å². The van der Waals surface area contributed by atoms with Crippen molar-refractivity contribution in [2.75, 3.05) is 13.1 Å². The van der Waals surface area contributed by atoms with Gasteiger partial charge in [-0.15, -0.1) is 0 Å². The molecule has 26 heavy (non-hydrogen) atoms. The largest absolute Gasteiger partial charge is 0.478 e. The third kappa shape index (κ3) is 3.42. The number of hydrogen-bond donors (Lipinski definition) is 1. The van der Waals surface area contributed by atoms with Gasteiger partial charge in [0.2, 0.25) is 0 Å². The van der Waals surface area contributed by atoms with Crippen LogP contribution in [0, 0.1) is 17.5 Å². The molecule has 1 atom stereocenters. The van der Waals surface area contributed by atoms with Crippen LogP contribution in [-0.4, -0.2) is 35.0 Å². The van der Waals surface area contributed by atoms with Crippen molar-refractivity contribution in [2.45, 2.75) is 18.8 Å². The maximum absolute atomic E-state index is 13.9. The zero-order chi connectivity index (χ0) is 18.8. The number of aromatic carboxylic acids is 1. The number of rotatable bonds is 3. The van der Waals surface area contributed by atoms with Crippen molar-refractivity contribution < 1.29 is 27.9 Å². The second-order valence-electron chi connectivity index (χ2n) is 6.24. The normalized spacial score (nSPS) is 17.2. The quantitative estimate of drug-likeness (QED) is 0.844. The van der Waals surface area contributed by atoms with Gasteiger partial charge in [-0.25, -0.2) is 18.0 Å². The highest BCUT2D eigenvalue weighted by Crippen LogP contribution is 2.29. The third-order valence-electron chi connectivity index (χ3n) is 4.58. The lowest BCUT2D eigenvalue weighted by Gasteiger charge is -2.33. The lowest BCUT2D eigenvalue weighted by atomic mass is 9.89. The van der Waals surface area contributed by atoms with Crippen LogP contribution in [0.5, 0.6) is 0 Å². The number of hydrogen-bond acceptors (Lipinski definition) is 2. The van der Waals surface area contributed by atoms with E-state index in [2.05, 4.69) is 0 Å². The molecule has 136 valence electrons. The first-order valence-corrected chi connectivity index (χ1v) is 8.14. The van der Waals surface area contributed by atoms with E-state index in [1.807, 2.05) is 0 Å². The number of halogens is 3. The Labute approximate surface area is 147 Å². The van der Waals surface area contributed by atoms with E-state index in [-0.39, 0.29) is 18.0 Å². The summed E-state index contributed by atoms with van der Waals surface area (Å²) >= 11 is 0. The van der Waals surface area contributed by atoms with E-state index in [9.17, 15) is 22.8 Å². The SMILES string of the molecule is O=C(O)c1cccc([C@@H]2CCCN(C(=O)c3ccc(F)c(F)c3F)C2)c1. The van der Waals surface area contributed by atoms with Crippen LogP contribution in [0.3, 0.4) is 0 Å². The molecule has 0 unspecified atom stereocenters. The maximum atomic E-state index is 13.9.